The van der Waals surface area contributed by atoms with Gasteiger partial charge in [-0.3, -0.25) is 4.68 Å². The second-order valence-corrected chi connectivity index (χ2v) is 7.26. The van der Waals surface area contributed by atoms with Crippen molar-refractivity contribution in [3.63, 3.8) is 0 Å². The van der Waals surface area contributed by atoms with Crippen LogP contribution in [0.15, 0.2) is 4.90 Å². The van der Waals surface area contributed by atoms with Crippen LogP contribution in [-0.2, 0) is 17.1 Å². The van der Waals surface area contributed by atoms with Crippen LogP contribution in [0.3, 0.4) is 0 Å². The number of alkyl halides is 1. The SMILES string of the molecule is CCC(CC)(CCl)CNS(=O)(=O)c1c(C)nn(C)c1C. The Balaban J connectivity index is 3.02. The minimum atomic E-state index is -3.56. The molecule has 0 atom stereocenters. The molecule has 0 aliphatic rings. The highest BCUT2D eigenvalue weighted by molar-refractivity contribution is 7.89. The summed E-state index contributed by atoms with van der Waals surface area (Å²) in [5.74, 6) is 0.438. The standard InChI is InChI=1S/C13H24ClN3O2S/c1-6-13(7-2,8-14)9-15-20(18,19)12-10(3)16-17(5)11(12)4/h15H,6-9H2,1-5H3. The van der Waals surface area contributed by atoms with Gasteiger partial charge in [-0.1, -0.05) is 13.8 Å². The van der Waals surface area contributed by atoms with Crippen molar-refractivity contribution >= 4 is 21.6 Å². The fourth-order valence-electron chi connectivity index (χ4n) is 2.20. The molecule has 1 aromatic rings. The minimum Gasteiger partial charge on any atom is -0.271 e. The second-order valence-electron chi connectivity index (χ2n) is 5.29. The van der Waals surface area contributed by atoms with E-state index < -0.39 is 10.0 Å². The highest BCUT2D eigenvalue weighted by Crippen LogP contribution is 2.28. The van der Waals surface area contributed by atoms with Crippen LogP contribution in [0, 0.1) is 19.3 Å². The molecule has 1 N–H and O–H groups in total. The Labute approximate surface area is 126 Å². The molecule has 0 saturated heterocycles. The lowest BCUT2D eigenvalue weighted by Gasteiger charge is -2.29. The Hall–Kier alpha value is -0.590. The molecular weight excluding hydrogens is 298 g/mol. The number of sulfonamides is 1. The quantitative estimate of drug-likeness (QED) is 0.784. The molecule has 0 radical (unpaired) electrons. The van der Waals surface area contributed by atoms with Crippen molar-refractivity contribution in [1.82, 2.24) is 14.5 Å². The molecule has 0 bridgehead atoms. The minimum absolute atomic E-state index is 0.196. The zero-order chi connectivity index (χ0) is 15.6. The molecular formula is C13H24ClN3O2S. The molecule has 0 aliphatic carbocycles. The molecule has 0 unspecified atom stereocenters. The van der Waals surface area contributed by atoms with Crippen LogP contribution in [-0.4, -0.2) is 30.6 Å². The van der Waals surface area contributed by atoms with Crippen molar-refractivity contribution in [3.05, 3.63) is 11.4 Å². The summed E-state index contributed by atoms with van der Waals surface area (Å²) in [5.41, 5.74) is 0.958. The van der Waals surface area contributed by atoms with E-state index in [1.165, 1.54) is 0 Å². The van der Waals surface area contributed by atoms with Crippen LogP contribution >= 0.6 is 11.6 Å². The fraction of sp³-hybridized carbons (Fsp3) is 0.769. The number of rotatable bonds is 7. The Kier molecular flexibility index (Phi) is 5.63. The molecule has 0 fully saturated rings. The van der Waals surface area contributed by atoms with Crippen LogP contribution in [0.1, 0.15) is 38.1 Å². The maximum atomic E-state index is 12.5. The Bertz CT molecular complexity index is 554. The van der Waals surface area contributed by atoms with Gasteiger partial charge in [0.05, 0.1) is 11.4 Å². The zero-order valence-electron chi connectivity index (χ0n) is 12.8. The van der Waals surface area contributed by atoms with Gasteiger partial charge in [-0.25, -0.2) is 13.1 Å². The maximum absolute atomic E-state index is 12.5. The van der Waals surface area contributed by atoms with Crippen molar-refractivity contribution in [1.29, 1.82) is 0 Å². The second kappa shape index (κ2) is 6.45. The fourth-order valence-corrected chi connectivity index (χ4v) is 4.26. The number of hydrogen-bond donors (Lipinski definition) is 1. The smallest absolute Gasteiger partial charge is 0.244 e. The summed E-state index contributed by atoms with van der Waals surface area (Å²) in [6.07, 6.45) is 1.67. The van der Waals surface area contributed by atoms with E-state index in [0.717, 1.165) is 12.8 Å². The monoisotopic (exact) mass is 321 g/mol. The van der Waals surface area contributed by atoms with Crippen molar-refractivity contribution in [2.45, 2.75) is 45.4 Å². The molecule has 0 saturated carbocycles. The van der Waals surface area contributed by atoms with Crippen molar-refractivity contribution < 1.29 is 8.42 Å². The molecule has 1 rings (SSSR count). The number of nitrogens with zero attached hydrogens (tertiary/aromatic N) is 2. The van der Waals surface area contributed by atoms with Crippen LogP contribution in [0.5, 0.6) is 0 Å². The van der Waals surface area contributed by atoms with Crippen LogP contribution in [0.4, 0.5) is 0 Å². The van der Waals surface area contributed by atoms with E-state index in [9.17, 15) is 8.42 Å². The third-order valence-corrected chi connectivity index (χ3v) is 6.35. The van der Waals surface area contributed by atoms with Gasteiger partial charge < -0.3 is 0 Å². The summed E-state index contributed by atoms with van der Waals surface area (Å²) in [7, 11) is -1.82. The normalized spacial score (nSPS) is 12.9. The first kappa shape index (κ1) is 17.5. The van der Waals surface area contributed by atoms with E-state index in [4.69, 9.17) is 11.6 Å². The molecule has 0 aromatic carbocycles. The number of nitrogens with one attached hydrogen (secondary N) is 1. The van der Waals surface area contributed by atoms with Crippen LogP contribution in [0.25, 0.3) is 0 Å². The lowest BCUT2D eigenvalue weighted by Crippen LogP contribution is -2.38. The molecule has 0 aliphatic heterocycles. The van der Waals surface area contributed by atoms with Gasteiger partial charge in [0.15, 0.2) is 0 Å². The van der Waals surface area contributed by atoms with Gasteiger partial charge in [0.1, 0.15) is 4.90 Å². The third kappa shape index (κ3) is 3.35. The summed E-state index contributed by atoms with van der Waals surface area (Å²) < 4.78 is 29.2. The summed E-state index contributed by atoms with van der Waals surface area (Å²) >= 11 is 6.01. The summed E-state index contributed by atoms with van der Waals surface area (Å²) in [6.45, 7) is 7.86. The van der Waals surface area contributed by atoms with Gasteiger partial charge in [0, 0.05) is 19.5 Å². The molecule has 7 heteroatoms. The third-order valence-electron chi connectivity index (χ3n) is 4.13. The molecule has 0 amide bonds. The molecule has 1 aromatic heterocycles. The first-order valence-electron chi connectivity index (χ1n) is 6.79. The number of aromatic nitrogens is 2. The first-order chi connectivity index (χ1) is 9.23. The molecule has 20 heavy (non-hydrogen) atoms. The van der Waals surface area contributed by atoms with Gasteiger partial charge in [-0.2, -0.15) is 5.10 Å². The van der Waals surface area contributed by atoms with E-state index in [-0.39, 0.29) is 10.3 Å². The predicted molar refractivity (Wildman–Crippen MR) is 81.6 cm³/mol. The lowest BCUT2D eigenvalue weighted by molar-refractivity contribution is 0.304. The molecule has 0 spiro atoms. The highest BCUT2D eigenvalue weighted by atomic mass is 35.5. The van der Waals surface area contributed by atoms with E-state index in [1.54, 1.807) is 25.6 Å². The highest BCUT2D eigenvalue weighted by Gasteiger charge is 2.30. The molecule has 5 nitrogen and oxygen atoms in total. The summed E-state index contributed by atoms with van der Waals surface area (Å²) in [4.78, 5) is 0.274. The Morgan fingerprint density at radius 1 is 1.30 bits per heavy atom. The number of aryl methyl sites for hydroxylation is 2. The summed E-state index contributed by atoms with van der Waals surface area (Å²) in [5, 5.41) is 4.15. The van der Waals surface area contributed by atoms with Gasteiger partial charge in [0.25, 0.3) is 0 Å². The van der Waals surface area contributed by atoms with E-state index in [2.05, 4.69) is 9.82 Å². The maximum Gasteiger partial charge on any atom is 0.244 e. The van der Waals surface area contributed by atoms with Gasteiger partial charge >= 0.3 is 0 Å². The predicted octanol–water partition coefficient (Wildman–Crippen LogP) is 2.36. The van der Waals surface area contributed by atoms with Crippen molar-refractivity contribution in [3.8, 4) is 0 Å². The average Bonchev–Trinajstić information content (AvgIpc) is 2.66. The number of halogens is 1. The average molecular weight is 322 g/mol. The number of hydrogen-bond acceptors (Lipinski definition) is 3. The van der Waals surface area contributed by atoms with Crippen molar-refractivity contribution in [2.75, 3.05) is 12.4 Å². The van der Waals surface area contributed by atoms with Crippen LogP contribution < -0.4 is 4.72 Å². The van der Waals surface area contributed by atoms with Crippen LogP contribution in [0.2, 0.25) is 0 Å². The lowest BCUT2D eigenvalue weighted by atomic mass is 9.85. The van der Waals surface area contributed by atoms with Gasteiger partial charge in [-0.05, 0) is 32.1 Å². The molecule has 1 heterocycles. The Morgan fingerprint density at radius 3 is 2.20 bits per heavy atom. The first-order valence-corrected chi connectivity index (χ1v) is 8.80. The topological polar surface area (TPSA) is 64.0 Å². The summed E-state index contributed by atoms with van der Waals surface area (Å²) in [6, 6.07) is 0. The van der Waals surface area contributed by atoms with E-state index in [1.807, 2.05) is 13.8 Å². The van der Waals surface area contributed by atoms with Gasteiger partial charge in [-0.15, -0.1) is 11.6 Å². The largest absolute Gasteiger partial charge is 0.271 e. The van der Waals surface area contributed by atoms with E-state index in [0.29, 0.717) is 23.8 Å². The van der Waals surface area contributed by atoms with Crippen molar-refractivity contribution in [2.24, 2.45) is 12.5 Å². The van der Waals surface area contributed by atoms with E-state index >= 15 is 0 Å². The zero-order valence-corrected chi connectivity index (χ0v) is 14.4. The van der Waals surface area contributed by atoms with Gasteiger partial charge in [0.2, 0.25) is 10.0 Å². The Morgan fingerprint density at radius 2 is 1.85 bits per heavy atom. The molecule has 116 valence electrons.